The van der Waals surface area contributed by atoms with Gasteiger partial charge >= 0.3 is 6.18 Å². The molecule has 0 aromatic carbocycles. The molecular weight excluding hydrogens is 223 g/mol. The average Bonchev–Trinajstić information content (AvgIpc) is 2.62. The van der Waals surface area contributed by atoms with Gasteiger partial charge in [0.15, 0.2) is 5.82 Å². The Morgan fingerprint density at radius 3 is 2.44 bits per heavy atom. The lowest BCUT2D eigenvalue weighted by Gasteiger charge is -2.17. The Morgan fingerprint density at radius 1 is 1.31 bits per heavy atom. The van der Waals surface area contributed by atoms with Crippen LogP contribution in [0.5, 0.6) is 0 Å². The van der Waals surface area contributed by atoms with E-state index in [0.29, 0.717) is 0 Å². The van der Waals surface area contributed by atoms with Crippen molar-refractivity contribution >= 4 is 0 Å². The van der Waals surface area contributed by atoms with Gasteiger partial charge in [0.25, 0.3) is 0 Å². The summed E-state index contributed by atoms with van der Waals surface area (Å²) in [7, 11) is 1.71. The van der Waals surface area contributed by atoms with Crippen LogP contribution in [0.15, 0.2) is 4.52 Å². The summed E-state index contributed by atoms with van der Waals surface area (Å²) < 4.78 is 40.7. The highest BCUT2D eigenvalue weighted by molar-refractivity contribution is 4.98. The SMILES string of the molecule is CNC(C)(C)c1nc(CCC(F)(F)F)no1. The number of nitrogens with one attached hydrogen (secondary N) is 1. The van der Waals surface area contributed by atoms with Gasteiger partial charge in [-0.05, 0) is 20.9 Å². The minimum Gasteiger partial charge on any atom is -0.337 e. The van der Waals surface area contributed by atoms with E-state index in [0.717, 1.165) is 0 Å². The highest BCUT2D eigenvalue weighted by atomic mass is 19.4. The summed E-state index contributed by atoms with van der Waals surface area (Å²) in [5, 5.41) is 6.43. The third-order valence-electron chi connectivity index (χ3n) is 2.26. The molecule has 0 aliphatic rings. The summed E-state index contributed by atoms with van der Waals surface area (Å²) >= 11 is 0. The largest absolute Gasteiger partial charge is 0.389 e. The second kappa shape index (κ2) is 4.40. The molecule has 16 heavy (non-hydrogen) atoms. The molecule has 92 valence electrons. The van der Waals surface area contributed by atoms with E-state index in [1.165, 1.54) is 0 Å². The topological polar surface area (TPSA) is 51.0 Å². The Hall–Kier alpha value is -1.11. The average molecular weight is 237 g/mol. The molecule has 0 saturated heterocycles. The van der Waals surface area contributed by atoms with Gasteiger partial charge in [0, 0.05) is 6.42 Å². The van der Waals surface area contributed by atoms with Gasteiger partial charge in [0.2, 0.25) is 5.89 Å². The van der Waals surface area contributed by atoms with E-state index in [1.807, 2.05) is 0 Å². The molecule has 7 heteroatoms. The number of hydrogen-bond donors (Lipinski definition) is 1. The molecule has 1 aromatic heterocycles. The fourth-order valence-corrected chi connectivity index (χ4v) is 0.970. The number of hydrogen-bond acceptors (Lipinski definition) is 4. The van der Waals surface area contributed by atoms with Gasteiger partial charge in [-0.2, -0.15) is 18.2 Å². The number of rotatable bonds is 4. The van der Waals surface area contributed by atoms with E-state index in [2.05, 4.69) is 15.5 Å². The molecule has 0 aliphatic carbocycles. The molecule has 0 radical (unpaired) electrons. The number of aryl methyl sites for hydroxylation is 1. The smallest absolute Gasteiger partial charge is 0.337 e. The van der Waals surface area contributed by atoms with Crippen LogP contribution in [0.25, 0.3) is 0 Å². The molecule has 1 N–H and O–H groups in total. The molecule has 0 saturated carbocycles. The summed E-state index contributed by atoms with van der Waals surface area (Å²) in [5.74, 6) is 0.364. The lowest BCUT2D eigenvalue weighted by Crippen LogP contribution is -2.33. The summed E-state index contributed by atoms with van der Waals surface area (Å²) in [6.07, 6.45) is -5.39. The van der Waals surface area contributed by atoms with Crippen molar-refractivity contribution in [1.29, 1.82) is 0 Å². The van der Waals surface area contributed by atoms with Crippen molar-refractivity contribution in [3.8, 4) is 0 Å². The zero-order chi connectivity index (χ0) is 12.4. The van der Waals surface area contributed by atoms with Gasteiger partial charge in [-0.15, -0.1) is 0 Å². The first kappa shape index (κ1) is 13.0. The third-order valence-corrected chi connectivity index (χ3v) is 2.26. The fourth-order valence-electron chi connectivity index (χ4n) is 0.970. The maximum atomic E-state index is 11.9. The predicted octanol–water partition coefficient (Wildman–Crippen LogP) is 2.02. The first-order valence-corrected chi connectivity index (χ1v) is 4.83. The highest BCUT2D eigenvalue weighted by Gasteiger charge is 2.29. The minimum atomic E-state index is -4.20. The number of aromatic nitrogens is 2. The predicted molar refractivity (Wildman–Crippen MR) is 50.8 cm³/mol. The van der Waals surface area contributed by atoms with Crippen LogP contribution >= 0.6 is 0 Å². The first-order chi connectivity index (χ1) is 7.24. The van der Waals surface area contributed by atoms with Crippen LogP contribution in [0.1, 0.15) is 32.0 Å². The minimum absolute atomic E-state index is 0.0793. The van der Waals surface area contributed by atoms with Gasteiger partial charge in [-0.3, -0.25) is 0 Å². The molecule has 0 atom stereocenters. The molecule has 0 fully saturated rings. The number of halogens is 3. The van der Waals surface area contributed by atoms with E-state index >= 15 is 0 Å². The maximum absolute atomic E-state index is 11.9. The Balaban J connectivity index is 2.66. The standard InChI is InChI=1S/C9H14F3N3O/c1-8(2,13-3)7-14-6(15-16-7)4-5-9(10,11)12/h13H,4-5H2,1-3H3. The third kappa shape index (κ3) is 3.48. The van der Waals surface area contributed by atoms with Crippen LogP contribution in [0, 0.1) is 0 Å². The first-order valence-electron chi connectivity index (χ1n) is 4.83. The Morgan fingerprint density at radius 2 is 1.94 bits per heavy atom. The van der Waals surface area contributed by atoms with Gasteiger partial charge in [0.05, 0.1) is 12.0 Å². The quantitative estimate of drug-likeness (QED) is 0.870. The number of alkyl halides is 3. The number of nitrogens with zero attached hydrogens (tertiary/aromatic N) is 2. The van der Waals surface area contributed by atoms with Gasteiger partial charge < -0.3 is 9.84 Å². The summed E-state index contributed by atoms with van der Waals surface area (Å²) in [6, 6.07) is 0. The van der Waals surface area contributed by atoms with Crippen LogP contribution in [0.3, 0.4) is 0 Å². The van der Waals surface area contributed by atoms with Gasteiger partial charge in [0.1, 0.15) is 0 Å². The van der Waals surface area contributed by atoms with Crippen molar-refractivity contribution in [2.75, 3.05) is 7.05 Å². The normalized spacial score (nSPS) is 13.1. The Kier molecular flexibility index (Phi) is 3.57. The highest BCUT2D eigenvalue weighted by Crippen LogP contribution is 2.22. The lowest BCUT2D eigenvalue weighted by molar-refractivity contribution is -0.134. The second-order valence-corrected chi connectivity index (χ2v) is 4.01. The summed E-state index contributed by atoms with van der Waals surface area (Å²) in [6.45, 7) is 3.60. The molecule has 4 nitrogen and oxygen atoms in total. The van der Waals surface area contributed by atoms with Crippen LogP contribution in [0.2, 0.25) is 0 Å². The second-order valence-electron chi connectivity index (χ2n) is 4.01. The summed E-state index contributed by atoms with van der Waals surface area (Å²) in [4.78, 5) is 3.92. The van der Waals surface area contributed by atoms with Crippen molar-refractivity contribution in [1.82, 2.24) is 15.5 Å². The molecular formula is C9H14F3N3O. The van der Waals surface area contributed by atoms with E-state index in [9.17, 15) is 13.2 Å². The van der Waals surface area contributed by atoms with Crippen LogP contribution in [0.4, 0.5) is 13.2 Å². The van der Waals surface area contributed by atoms with E-state index in [-0.39, 0.29) is 18.1 Å². The molecule has 1 rings (SSSR count). The zero-order valence-corrected chi connectivity index (χ0v) is 9.35. The monoisotopic (exact) mass is 237 g/mol. The van der Waals surface area contributed by atoms with Crippen molar-refractivity contribution in [2.24, 2.45) is 0 Å². The van der Waals surface area contributed by atoms with E-state index in [4.69, 9.17) is 4.52 Å². The Labute approximate surface area is 91.2 Å². The fraction of sp³-hybridized carbons (Fsp3) is 0.778. The zero-order valence-electron chi connectivity index (χ0n) is 9.35. The Bertz CT molecular complexity index is 346. The molecule has 0 spiro atoms. The van der Waals surface area contributed by atoms with E-state index < -0.39 is 18.1 Å². The van der Waals surface area contributed by atoms with Crippen molar-refractivity contribution in [2.45, 2.75) is 38.4 Å². The van der Waals surface area contributed by atoms with Crippen LogP contribution in [-0.2, 0) is 12.0 Å². The maximum Gasteiger partial charge on any atom is 0.389 e. The van der Waals surface area contributed by atoms with Crippen LogP contribution < -0.4 is 5.32 Å². The molecule has 0 amide bonds. The summed E-state index contributed by atoms with van der Waals surface area (Å²) in [5.41, 5.74) is -0.538. The lowest BCUT2D eigenvalue weighted by atomic mass is 10.1. The molecule has 0 aliphatic heterocycles. The molecule has 0 bridgehead atoms. The van der Waals surface area contributed by atoms with Crippen molar-refractivity contribution < 1.29 is 17.7 Å². The van der Waals surface area contributed by atoms with Crippen molar-refractivity contribution in [3.05, 3.63) is 11.7 Å². The van der Waals surface area contributed by atoms with Crippen molar-refractivity contribution in [3.63, 3.8) is 0 Å². The van der Waals surface area contributed by atoms with Gasteiger partial charge in [-0.1, -0.05) is 5.16 Å². The molecule has 1 heterocycles. The van der Waals surface area contributed by atoms with Gasteiger partial charge in [-0.25, -0.2) is 0 Å². The van der Waals surface area contributed by atoms with Crippen LogP contribution in [-0.4, -0.2) is 23.4 Å². The molecule has 0 unspecified atom stereocenters. The molecule has 1 aromatic rings. The van der Waals surface area contributed by atoms with E-state index in [1.54, 1.807) is 20.9 Å².